The third-order valence-electron chi connectivity index (χ3n) is 2.77. The molecule has 0 radical (unpaired) electrons. The van der Waals surface area contributed by atoms with Crippen molar-refractivity contribution in [2.24, 2.45) is 0 Å². The quantitative estimate of drug-likeness (QED) is 0.774. The molecular formula is C13H21NO2. The predicted molar refractivity (Wildman–Crippen MR) is 66.7 cm³/mol. The Morgan fingerprint density at radius 1 is 1.25 bits per heavy atom. The molecule has 3 nitrogen and oxygen atoms in total. The maximum Gasteiger partial charge on any atom is 0.0807 e. The van der Waals surface area contributed by atoms with E-state index in [1.807, 2.05) is 38.1 Å². The van der Waals surface area contributed by atoms with Crippen LogP contribution in [0.4, 0.5) is 5.69 Å². The van der Waals surface area contributed by atoms with Gasteiger partial charge in [0, 0.05) is 24.3 Å². The van der Waals surface area contributed by atoms with Gasteiger partial charge in [0.1, 0.15) is 0 Å². The molecule has 3 heteroatoms. The van der Waals surface area contributed by atoms with Gasteiger partial charge in [-0.3, -0.25) is 0 Å². The molecule has 2 N–H and O–H groups in total. The van der Waals surface area contributed by atoms with Crippen molar-refractivity contribution in [2.45, 2.75) is 26.4 Å². The predicted octanol–water partition coefficient (Wildman–Crippen LogP) is 1.95. The maximum atomic E-state index is 9.93. The number of aliphatic hydroxyl groups excluding tert-OH is 2. The van der Waals surface area contributed by atoms with Crippen LogP contribution in [0.15, 0.2) is 24.3 Å². The normalized spacial score (nSPS) is 12.5. The minimum Gasteiger partial charge on any atom is -0.395 e. The van der Waals surface area contributed by atoms with Crippen molar-refractivity contribution in [1.82, 2.24) is 0 Å². The number of aliphatic hydroxyl groups is 2. The van der Waals surface area contributed by atoms with Crippen LogP contribution in [-0.4, -0.2) is 29.9 Å². The van der Waals surface area contributed by atoms with Gasteiger partial charge in [-0.1, -0.05) is 25.1 Å². The highest BCUT2D eigenvalue weighted by atomic mass is 16.3. The minimum absolute atomic E-state index is 0.129. The molecule has 1 aromatic rings. The van der Waals surface area contributed by atoms with E-state index in [2.05, 4.69) is 4.90 Å². The Morgan fingerprint density at radius 3 is 2.50 bits per heavy atom. The van der Waals surface area contributed by atoms with Crippen molar-refractivity contribution in [2.75, 3.05) is 24.6 Å². The van der Waals surface area contributed by atoms with E-state index in [1.165, 1.54) is 0 Å². The Kier molecular flexibility index (Phi) is 5.29. The fraction of sp³-hybridized carbons (Fsp3) is 0.538. The fourth-order valence-corrected chi connectivity index (χ4v) is 1.85. The second kappa shape index (κ2) is 6.51. The van der Waals surface area contributed by atoms with Gasteiger partial charge in [0.2, 0.25) is 0 Å². The average molecular weight is 223 g/mol. The van der Waals surface area contributed by atoms with Crippen LogP contribution >= 0.6 is 0 Å². The Morgan fingerprint density at radius 2 is 1.94 bits per heavy atom. The molecule has 0 aliphatic carbocycles. The lowest BCUT2D eigenvalue weighted by atomic mass is 10.0. The highest BCUT2D eigenvalue weighted by Gasteiger charge is 2.13. The molecule has 0 heterocycles. The maximum absolute atomic E-state index is 9.93. The highest BCUT2D eigenvalue weighted by molar-refractivity contribution is 5.54. The smallest absolute Gasteiger partial charge is 0.0807 e. The first-order chi connectivity index (χ1) is 7.74. The van der Waals surface area contributed by atoms with Crippen molar-refractivity contribution in [3.05, 3.63) is 29.8 Å². The summed E-state index contributed by atoms with van der Waals surface area (Å²) in [5.41, 5.74) is 1.97. The van der Waals surface area contributed by atoms with Crippen LogP contribution in [0.5, 0.6) is 0 Å². The summed E-state index contributed by atoms with van der Waals surface area (Å²) in [5, 5.41) is 18.9. The first kappa shape index (κ1) is 13.0. The number of nitrogens with zero attached hydrogens (tertiary/aromatic N) is 1. The fourth-order valence-electron chi connectivity index (χ4n) is 1.85. The summed E-state index contributed by atoms with van der Waals surface area (Å²) >= 11 is 0. The summed E-state index contributed by atoms with van der Waals surface area (Å²) in [6, 6.07) is 7.84. The summed E-state index contributed by atoms with van der Waals surface area (Å²) < 4.78 is 0. The number of hydrogen-bond acceptors (Lipinski definition) is 3. The third kappa shape index (κ3) is 2.97. The van der Waals surface area contributed by atoms with E-state index in [4.69, 9.17) is 5.11 Å². The zero-order chi connectivity index (χ0) is 12.0. The van der Waals surface area contributed by atoms with E-state index in [1.54, 1.807) is 0 Å². The lowest BCUT2D eigenvalue weighted by molar-refractivity contribution is 0.174. The first-order valence-corrected chi connectivity index (χ1v) is 5.87. The Labute approximate surface area is 97.3 Å². The van der Waals surface area contributed by atoms with Crippen LogP contribution < -0.4 is 4.90 Å². The van der Waals surface area contributed by atoms with Crippen molar-refractivity contribution in [3.8, 4) is 0 Å². The lowest BCUT2D eigenvalue weighted by Gasteiger charge is -2.26. The molecule has 0 aliphatic heterocycles. The van der Waals surface area contributed by atoms with E-state index in [0.717, 1.165) is 17.8 Å². The lowest BCUT2D eigenvalue weighted by Crippen LogP contribution is -2.27. The van der Waals surface area contributed by atoms with E-state index in [9.17, 15) is 5.11 Å². The van der Waals surface area contributed by atoms with Gasteiger partial charge in [0.05, 0.1) is 12.7 Å². The van der Waals surface area contributed by atoms with E-state index < -0.39 is 6.10 Å². The van der Waals surface area contributed by atoms with Gasteiger partial charge in [-0.2, -0.15) is 0 Å². The van der Waals surface area contributed by atoms with Crippen molar-refractivity contribution in [3.63, 3.8) is 0 Å². The van der Waals surface area contributed by atoms with Gasteiger partial charge < -0.3 is 15.1 Å². The van der Waals surface area contributed by atoms with Crippen LogP contribution in [0, 0.1) is 0 Å². The van der Waals surface area contributed by atoms with E-state index >= 15 is 0 Å². The number of likely N-dealkylation sites (N-methyl/N-ethyl adjacent to an activating group) is 1. The minimum atomic E-state index is -0.427. The van der Waals surface area contributed by atoms with Gasteiger partial charge in [0.25, 0.3) is 0 Å². The molecule has 1 rings (SSSR count). The topological polar surface area (TPSA) is 43.7 Å². The SMILES string of the molecule is CC[C@H](O)c1ccccc1N(CC)CCO. The van der Waals surface area contributed by atoms with Crippen molar-refractivity contribution in [1.29, 1.82) is 0 Å². The third-order valence-corrected chi connectivity index (χ3v) is 2.77. The molecular weight excluding hydrogens is 202 g/mol. The van der Waals surface area contributed by atoms with Crippen LogP contribution in [0.3, 0.4) is 0 Å². The standard InChI is InChI=1S/C13H21NO2/c1-3-13(16)11-7-5-6-8-12(11)14(4-2)9-10-15/h5-8,13,15-16H,3-4,9-10H2,1-2H3/t13-/m0/s1. The second-order valence-corrected chi connectivity index (χ2v) is 3.79. The monoisotopic (exact) mass is 223 g/mol. The zero-order valence-electron chi connectivity index (χ0n) is 10.1. The van der Waals surface area contributed by atoms with Crippen molar-refractivity contribution < 1.29 is 10.2 Å². The molecule has 0 saturated heterocycles. The van der Waals surface area contributed by atoms with Crippen LogP contribution in [0.25, 0.3) is 0 Å². The van der Waals surface area contributed by atoms with Crippen molar-refractivity contribution >= 4 is 5.69 Å². The van der Waals surface area contributed by atoms with Gasteiger partial charge in [0.15, 0.2) is 0 Å². The average Bonchev–Trinajstić information content (AvgIpc) is 2.35. The molecule has 0 spiro atoms. The summed E-state index contributed by atoms with van der Waals surface area (Å²) in [7, 11) is 0. The Bertz CT molecular complexity index is 315. The summed E-state index contributed by atoms with van der Waals surface area (Å²) in [6.45, 7) is 5.57. The highest BCUT2D eigenvalue weighted by Crippen LogP contribution is 2.27. The Balaban J connectivity index is 3.00. The molecule has 16 heavy (non-hydrogen) atoms. The molecule has 0 aromatic heterocycles. The van der Waals surface area contributed by atoms with Crippen LogP contribution in [0.2, 0.25) is 0 Å². The van der Waals surface area contributed by atoms with Gasteiger partial charge in [-0.25, -0.2) is 0 Å². The number of hydrogen-bond donors (Lipinski definition) is 2. The molecule has 0 saturated carbocycles. The largest absolute Gasteiger partial charge is 0.395 e. The molecule has 1 aromatic carbocycles. The van der Waals surface area contributed by atoms with Crippen LogP contribution in [-0.2, 0) is 0 Å². The summed E-state index contributed by atoms with van der Waals surface area (Å²) in [5.74, 6) is 0. The van der Waals surface area contributed by atoms with Gasteiger partial charge in [-0.05, 0) is 19.4 Å². The number of benzene rings is 1. The van der Waals surface area contributed by atoms with Crippen LogP contribution in [0.1, 0.15) is 31.9 Å². The molecule has 0 amide bonds. The first-order valence-electron chi connectivity index (χ1n) is 5.87. The Hall–Kier alpha value is -1.06. The molecule has 0 bridgehead atoms. The summed E-state index contributed by atoms with van der Waals surface area (Å²) in [4.78, 5) is 2.08. The zero-order valence-corrected chi connectivity index (χ0v) is 10.1. The molecule has 90 valence electrons. The molecule has 0 fully saturated rings. The van der Waals surface area contributed by atoms with E-state index in [0.29, 0.717) is 13.0 Å². The number of anilines is 1. The number of para-hydroxylation sites is 1. The summed E-state index contributed by atoms with van der Waals surface area (Å²) in [6.07, 6.45) is 0.275. The molecule has 0 unspecified atom stereocenters. The molecule has 1 atom stereocenters. The number of rotatable bonds is 6. The molecule has 0 aliphatic rings. The second-order valence-electron chi connectivity index (χ2n) is 3.79. The van der Waals surface area contributed by atoms with E-state index in [-0.39, 0.29) is 6.61 Å². The van der Waals surface area contributed by atoms with Gasteiger partial charge in [-0.15, -0.1) is 0 Å². The van der Waals surface area contributed by atoms with Gasteiger partial charge >= 0.3 is 0 Å².